The first-order chi connectivity index (χ1) is 14.9. The quantitative estimate of drug-likeness (QED) is 0.356. The number of hydrogen-bond donors (Lipinski definition) is 4. The van der Waals surface area contributed by atoms with E-state index < -0.39 is 23.8 Å². The smallest absolute Gasteiger partial charge is 0.260 e. The van der Waals surface area contributed by atoms with Gasteiger partial charge in [-0.25, -0.2) is 0 Å². The maximum absolute atomic E-state index is 12.1. The van der Waals surface area contributed by atoms with E-state index in [2.05, 4.69) is 21.5 Å². The third kappa shape index (κ3) is 8.09. The molecule has 2 aromatic rings. The van der Waals surface area contributed by atoms with E-state index in [0.29, 0.717) is 11.5 Å². The summed E-state index contributed by atoms with van der Waals surface area (Å²) in [6.45, 7) is 1.47. The average molecular weight is 426 g/mol. The highest BCUT2D eigenvalue weighted by Gasteiger charge is 2.15. The van der Waals surface area contributed by atoms with Gasteiger partial charge in [0.1, 0.15) is 17.5 Å². The molecule has 31 heavy (non-hydrogen) atoms. The van der Waals surface area contributed by atoms with Gasteiger partial charge in [-0.2, -0.15) is 0 Å². The van der Waals surface area contributed by atoms with Crippen molar-refractivity contribution in [3.8, 4) is 11.5 Å². The van der Waals surface area contributed by atoms with Crippen LogP contribution >= 0.6 is 0 Å². The predicted octanol–water partition coefficient (Wildman–Crippen LogP) is 1.48. The topological polar surface area (TPSA) is 118 Å². The molecule has 0 bridgehead atoms. The Morgan fingerprint density at radius 3 is 2.06 bits per heavy atom. The van der Waals surface area contributed by atoms with Crippen molar-refractivity contribution < 1.29 is 23.9 Å². The Kier molecular flexibility index (Phi) is 8.90. The van der Waals surface area contributed by atoms with E-state index in [-0.39, 0.29) is 6.54 Å². The van der Waals surface area contributed by atoms with Crippen LogP contribution in [0.25, 0.3) is 6.08 Å². The normalized spacial score (nSPS) is 11.3. The van der Waals surface area contributed by atoms with Crippen molar-refractivity contribution in [2.75, 3.05) is 26.1 Å². The van der Waals surface area contributed by atoms with Crippen molar-refractivity contribution in [1.29, 1.82) is 0 Å². The second-order valence-electron chi connectivity index (χ2n) is 6.46. The summed E-state index contributed by atoms with van der Waals surface area (Å²) in [5, 5.41) is 5.44. The Bertz CT molecular complexity index is 911. The van der Waals surface area contributed by atoms with Gasteiger partial charge in [-0.15, -0.1) is 0 Å². The van der Waals surface area contributed by atoms with Crippen LogP contribution in [0, 0.1) is 0 Å². The van der Waals surface area contributed by atoms with Crippen molar-refractivity contribution in [3.05, 3.63) is 60.2 Å². The van der Waals surface area contributed by atoms with Crippen LogP contribution in [0.3, 0.4) is 0 Å². The molecule has 0 heterocycles. The molecule has 3 amide bonds. The standard InChI is InChI=1S/C22H26N4O5/c1-15(24-20(27)13-6-16-4-9-18(30-2)10-5-16)22(29)26-25-21(28)14-23-17-7-11-19(31-3)12-8-17/h4-13,15,23H,14H2,1-3H3,(H,24,27)(H,25,28)(H,26,29)/b13-6+. The van der Waals surface area contributed by atoms with Crippen LogP contribution in [0.4, 0.5) is 5.69 Å². The van der Waals surface area contributed by atoms with Crippen LogP contribution in [0.2, 0.25) is 0 Å². The van der Waals surface area contributed by atoms with Crippen molar-refractivity contribution in [3.63, 3.8) is 0 Å². The van der Waals surface area contributed by atoms with Gasteiger partial charge >= 0.3 is 0 Å². The van der Waals surface area contributed by atoms with E-state index in [0.717, 1.165) is 11.3 Å². The number of benzene rings is 2. The zero-order valence-electron chi connectivity index (χ0n) is 17.6. The SMILES string of the molecule is COc1ccc(/C=C/C(=O)NC(C)C(=O)NNC(=O)CNc2ccc(OC)cc2)cc1. The molecule has 9 nitrogen and oxygen atoms in total. The number of hydrazine groups is 1. The summed E-state index contributed by atoms with van der Waals surface area (Å²) in [7, 11) is 3.14. The van der Waals surface area contributed by atoms with E-state index in [1.165, 1.54) is 13.0 Å². The summed E-state index contributed by atoms with van der Waals surface area (Å²) in [5.74, 6) is -0.0117. The highest BCUT2D eigenvalue weighted by Crippen LogP contribution is 2.14. The highest BCUT2D eigenvalue weighted by molar-refractivity contribution is 5.95. The molecule has 9 heteroatoms. The second kappa shape index (κ2) is 11.9. The number of amides is 3. The molecule has 0 aliphatic rings. The maximum atomic E-state index is 12.1. The number of hydrogen-bond acceptors (Lipinski definition) is 6. The fourth-order valence-corrected chi connectivity index (χ4v) is 2.39. The van der Waals surface area contributed by atoms with Crippen molar-refractivity contribution in [2.45, 2.75) is 13.0 Å². The first-order valence-electron chi connectivity index (χ1n) is 9.50. The molecule has 0 radical (unpaired) electrons. The summed E-state index contributed by atoms with van der Waals surface area (Å²) in [4.78, 5) is 35.9. The predicted molar refractivity (Wildman–Crippen MR) is 117 cm³/mol. The molecular formula is C22H26N4O5. The molecule has 2 aromatic carbocycles. The Morgan fingerprint density at radius 1 is 0.903 bits per heavy atom. The lowest BCUT2D eigenvalue weighted by Gasteiger charge is -2.14. The fraction of sp³-hybridized carbons (Fsp3) is 0.227. The Hall–Kier alpha value is -4.01. The molecule has 4 N–H and O–H groups in total. The summed E-state index contributed by atoms with van der Waals surface area (Å²) < 4.78 is 10.1. The minimum atomic E-state index is -0.845. The number of nitrogens with one attached hydrogen (secondary N) is 4. The molecule has 0 aliphatic carbocycles. The van der Waals surface area contributed by atoms with Crippen LogP contribution in [0.15, 0.2) is 54.6 Å². The first-order valence-corrected chi connectivity index (χ1v) is 9.50. The van der Waals surface area contributed by atoms with Crippen LogP contribution in [-0.2, 0) is 14.4 Å². The lowest BCUT2D eigenvalue weighted by Crippen LogP contribution is -2.51. The summed E-state index contributed by atoms with van der Waals surface area (Å²) in [6.07, 6.45) is 2.94. The third-order valence-electron chi connectivity index (χ3n) is 4.16. The molecule has 164 valence electrons. The number of anilines is 1. The van der Waals surface area contributed by atoms with Crippen LogP contribution < -0.4 is 31.0 Å². The number of rotatable bonds is 9. The minimum Gasteiger partial charge on any atom is -0.497 e. The maximum Gasteiger partial charge on any atom is 0.260 e. The molecule has 1 unspecified atom stereocenters. The van der Waals surface area contributed by atoms with E-state index in [1.807, 2.05) is 0 Å². The summed E-state index contributed by atoms with van der Waals surface area (Å²) >= 11 is 0. The third-order valence-corrected chi connectivity index (χ3v) is 4.16. The van der Waals surface area contributed by atoms with Gasteiger partial charge in [0.25, 0.3) is 11.8 Å². The minimum absolute atomic E-state index is 0.0437. The van der Waals surface area contributed by atoms with Crippen LogP contribution in [0.5, 0.6) is 11.5 Å². The van der Waals surface area contributed by atoms with E-state index in [1.54, 1.807) is 68.8 Å². The number of carbonyl (C=O) groups is 3. The fourth-order valence-electron chi connectivity index (χ4n) is 2.39. The van der Waals surface area contributed by atoms with Gasteiger partial charge in [0.2, 0.25) is 5.91 Å². The molecule has 0 aromatic heterocycles. The van der Waals surface area contributed by atoms with Gasteiger partial charge in [-0.05, 0) is 55.0 Å². The molecule has 0 saturated carbocycles. The van der Waals surface area contributed by atoms with Gasteiger partial charge in [0, 0.05) is 11.8 Å². The lowest BCUT2D eigenvalue weighted by atomic mass is 10.2. The van der Waals surface area contributed by atoms with Gasteiger partial charge in [0.15, 0.2) is 0 Å². The molecule has 2 rings (SSSR count). The van der Waals surface area contributed by atoms with Crippen molar-refractivity contribution >= 4 is 29.5 Å². The molecule has 0 aliphatic heterocycles. The number of carbonyl (C=O) groups excluding carboxylic acids is 3. The van der Waals surface area contributed by atoms with Gasteiger partial charge < -0.3 is 20.1 Å². The van der Waals surface area contributed by atoms with E-state index in [9.17, 15) is 14.4 Å². The number of methoxy groups -OCH3 is 2. The lowest BCUT2D eigenvalue weighted by molar-refractivity contribution is -0.130. The first kappa shape index (κ1) is 23.3. The molecular weight excluding hydrogens is 400 g/mol. The average Bonchev–Trinajstić information content (AvgIpc) is 2.80. The van der Waals surface area contributed by atoms with Gasteiger partial charge in [0.05, 0.1) is 20.8 Å². The summed E-state index contributed by atoms with van der Waals surface area (Å²) in [6, 6.07) is 13.4. The monoisotopic (exact) mass is 426 g/mol. The Balaban J connectivity index is 1.70. The molecule has 0 fully saturated rings. The summed E-state index contributed by atoms with van der Waals surface area (Å²) in [5.41, 5.74) is 6.11. The molecule has 0 saturated heterocycles. The molecule has 1 atom stereocenters. The second-order valence-corrected chi connectivity index (χ2v) is 6.46. The molecule has 0 spiro atoms. The Morgan fingerprint density at radius 2 is 1.48 bits per heavy atom. The zero-order valence-corrected chi connectivity index (χ0v) is 17.6. The van der Waals surface area contributed by atoms with E-state index >= 15 is 0 Å². The Labute approximate surface area is 180 Å². The van der Waals surface area contributed by atoms with Crippen LogP contribution in [-0.4, -0.2) is 44.5 Å². The largest absolute Gasteiger partial charge is 0.497 e. The zero-order chi connectivity index (χ0) is 22.6. The van der Waals surface area contributed by atoms with Crippen molar-refractivity contribution in [1.82, 2.24) is 16.2 Å². The van der Waals surface area contributed by atoms with Crippen LogP contribution in [0.1, 0.15) is 12.5 Å². The highest BCUT2D eigenvalue weighted by atomic mass is 16.5. The van der Waals surface area contributed by atoms with E-state index in [4.69, 9.17) is 9.47 Å². The number of ether oxygens (including phenoxy) is 2. The van der Waals surface area contributed by atoms with Gasteiger partial charge in [-0.1, -0.05) is 12.1 Å². The van der Waals surface area contributed by atoms with Gasteiger partial charge in [-0.3, -0.25) is 25.2 Å². The van der Waals surface area contributed by atoms with Crippen molar-refractivity contribution in [2.24, 2.45) is 0 Å².